The second-order valence-electron chi connectivity index (χ2n) is 24.4. The summed E-state index contributed by atoms with van der Waals surface area (Å²) < 4.78 is 68.2. The van der Waals surface area contributed by atoms with Crippen LogP contribution in [0.3, 0.4) is 0 Å². The monoisotopic (exact) mass is 1530 g/mol. The number of carbonyl (C=O) groups excluding carboxylic acids is 4. The molecule has 0 aromatic carbocycles. The van der Waals surface area contributed by atoms with Crippen molar-refractivity contribution in [2.75, 3.05) is 39.6 Å². The summed E-state index contributed by atoms with van der Waals surface area (Å²) >= 11 is 0. The maximum absolute atomic E-state index is 13.1. The number of aliphatic hydroxyl groups is 1. The minimum absolute atomic E-state index is 0.00476. The van der Waals surface area contributed by atoms with Gasteiger partial charge < -0.3 is 33.8 Å². The molecule has 0 radical (unpaired) electrons. The Kier molecular flexibility index (Phi) is 72.4. The van der Waals surface area contributed by atoms with E-state index in [4.69, 9.17) is 37.0 Å². The molecule has 0 aliphatic carbocycles. The molecule has 0 saturated heterocycles. The van der Waals surface area contributed by atoms with Gasteiger partial charge >= 0.3 is 39.5 Å². The smallest absolute Gasteiger partial charge is 0.462 e. The molecule has 0 bridgehead atoms. The average molecular weight is 1540 g/mol. The van der Waals surface area contributed by atoms with Gasteiger partial charge in [0.25, 0.3) is 0 Å². The van der Waals surface area contributed by atoms with Crippen molar-refractivity contribution in [2.45, 2.75) is 239 Å². The first-order chi connectivity index (χ1) is 52.7. The highest BCUT2D eigenvalue weighted by atomic mass is 31.2. The highest BCUT2D eigenvalue weighted by Gasteiger charge is 2.30. The fourth-order valence-corrected chi connectivity index (χ4v) is 10.4. The number of phosphoric ester groups is 2. The summed E-state index contributed by atoms with van der Waals surface area (Å²) in [5.41, 5.74) is 0. The number of hydrogen-bond donors (Lipinski definition) is 3. The third-order valence-corrected chi connectivity index (χ3v) is 16.5. The van der Waals surface area contributed by atoms with Crippen molar-refractivity contribution in [1.82, 2.24) is 0 Å². The van der Waals surface area contributed by atoms with Gasteiger partial charge in [0.2, 0.25) is 0 Å². The van der Waals surface area contributed by atoms with Crippen molar-refractivity contribution in [2.24, 2.45) is 0 Å². The molecule has 5 atom stereocenters. The van der Waals surface area contributed by atoms with E-state index >= 15 is 0 Å². The van der Waals surface area contributed by atoms with E-state index < -0.39 is 97.5 Å². The molecule has 600 valence electrons. The van der Waals surface area contributed by atoms with Gasteiger partial charge in [-0.2, -0.15) is 0 Å². The maximum Gasteiger partial charge on any atom is 0.472 e. The SMILES string of the molecule is CC/C=C\C/C=C\C/C=C\C/C=C\C/C=C\C/C=C\CCC(=O)OCC(COP(=O)(O)OCC(O)COP(=O)(O)OCC(COC(=O)C/C=C\C/C=C\C/C=C\C/C=C\C/C=C\CC)OC(=O)CCCC/C=C\C/C=C\C/C=C\C/C=C\CC)OC(=O)CC/C=C\C/C=C\C/C=C\C/C=C\C/C=C\C/C=C\CC. The van der Waals surface area contributed by atoms with Crippen molar-refractivity contribution < 1.29 is 80.2 Å². The summed E-state index contributed by atoms with van der Waals surface area (Å²) in [7, 11) is -10.1. The van der Waals surface area contributed by atoms with Crippen LogP contribution in [0.5, 0.6) is 0 Å². The molecule has 0 aromatic heterocycles. The molecule has 0 saturated carbocycles. The average Bonchev–Trinajstić information content (AvgIpc) is 0.896. The van der Waals surface area contributed by atoms with Crippen LogP contribution in [0.2, 0.25) is 0 Å². The van der Waals surface area contributed by atoms with Crippen molar-refractivity contribution in [3.63, 3.8) is 0 Å². The molecule has 19 heteroatoms. The normalized spacial score (nSPS) is 15.2. The molecule has 108 heavy (non-hydrogen) atoms. The van der Waals surface area contributed by atoms with Crippen LogP contribution in [0.15, 0.2) is 255 Å². The minimum Gasteiger partial charge on any atom is -0.462 e. The van der Waals surface area contributed by atoms with E-state index in [2.05, 4.69) is 216 Å². The van der Waals surface area contributed by atoms with Gasteiger partial charge in [-0.3, -0.25) is 37.3 Å². The van der Waals surface area contributed by atoms with Crippen LogP contribution in [0, 0.1) is 0 Å². The number of rotatable bonds is 69. The molecule has 0 rings (SSSR count). The molecule has 0 spiro atoms. The first-order valence-electron chi connectivity index (χ1n) is 38.9. The summed E-state index contributed by atoms with van der Waals surface area (Å²) in [5, 5.41) is 10.6. The zero-order valence-electron chi connectivity index (χ0n) is 65.4. The van der Waals surface area contributed by atoms with Gasteiger partial charge in [-0.25, -0.2) is 9.13 Å². The molecule has 0 aromatic rings. The highest BCUT2D eigenvalue weighted by molar-refractivity contribution is 7.47. The molecule has 0 amide bonds. The first kappa shape index (κ1) is 101. The predicted molar refractivity (Wildman–Crippen MR) is 444 cm³/mol. The number of unbranched alkanes of at least 4 members (excludes halogenated alkanes) is 2. The largest absolute Gasteiger partial charge is 0.472 e. The van der Waals surface area contributed by atoms with Gasteiger partial charge in [0.15, 0.2) is 12.2 Å². The van der Waals surface area contributed by atoms with Crippen LogP contribution in [-0.4, -0.2) is 96.7 Å². The standard InChI is InChI=1S/C89H132O17P2/c1-5-9-13-17-21-25-29-33-37-39-41-43-47-50-54-58-62-66-70-74-87(92)100-80-85(106-89(94)76-72-68-64-60-56-52-48-44-42-40-38-34-30-26-22-18-14-10-6-2)82-104-108(97,98)102-78-83(90)77-101-107(95,96)103-81-84(105-88(93)75-71-67-63-59-55-51-46-36-32-28-24-20-16-12-8-4)79-99-86(91)73-69-65-61-57-53-49-45-35-31-27-23-19-15-11-7-3/h9-16,21-28,33-38,41-46,50,52-57,59,62,64-66,68-69,83-85,90H,5-8,17-20,29-32,39-40,47-49,51,58,60-61,63,67,70-82H2,1-4H3,(H,95,96)(H,97,98)/b13-9-,14-10-,15-11-,16-12-,25-21-,26-22-,27-23-,28-24-,37-33-,38-34-,43-41-,44-42-,45-35-,46-36-,54-50-,56-52-,57-53-,59-55-,66-62-,68-64-,69-65-. The number of aliphatic hydroxyl groups excluding tert-OH is 1. The Labute approximate surface area is 649 Å². The Morgan fingerprint density at radius 1 is 0.269 bits per heavy atom. The number of esters is 4. The number of allylic oxidation sites excluding steroid dienone is 41. The minimum atomic E-state index is -5.04. The Morgan fingerprint density at radius 2 is 0.500 bits per heavy atom. The molecule has 0 fully saturated rings. The van der Waals surface area contributed by atoms with Crippen molar-refractivity contribution in [3.05, 3.63) is 255 Å². The third kappa shape index (κ3) is 76.8. The van der Waals surface area contributed by atoms with Gasteiger partial charge in [-0.15, -0.1) is 0 Å². The summed E-state index contributed by atoms with van der Waals surface area (Å²) in [4.78, 5) is 72.9. The molecule has 0 aliphatic rings. The number of ether oxygens (including phenoxy) is 4. The molecule has 17 nitrogen and oxygen atoms in total. The molecule has 0 aliphatic heterocycles. The van der Waals surface area contributed by atoms with E-state index in [-0.39, 0.29) is 25.7 Å². The second kappa shape index (κ2) is 77.7. The van der Waals surface area contributed by atoms with Gasteiger partial charge in [0, 0.05) is 19.3 Å². The maximum atomic E-state index is 13.1. The van der Waals surface area contributed by atoms with Crippen molar-refractivity contribution in [3.8, 4) is 0 Å². The van der Waals surface area contributed by atoms with Crippen LogP contribution < -0.4 is 0 Å². The molecular formula is C89H132O17P2. The van der Waals surface area contributed by atoms with E-state index in [1.54, 1.807) is 6.08 Å². The number of carbonyl (C=O) groups is 4. The first-order valence-corrected chi connectivity index (χ1v) is 41.9. The lowest BCUT2D eigenvalue weighted by atomic mass is 10.2. The predicted octanol–water partition coefficient (Wildman–Crippen LogP) is 23.0. The Hall–Kier alpha value is -7.40. The number of hydrogen-bond acceptors (Lipinski definition) is 15. The lowest BCUT2D eigenvalue weighted by Gasteiger charge is -2.21. The lowest BCUT2D eigenvalue weighted by Crippen LogP contribution is -2.30. The molecule has 3 N–H and O–H groups in total. The van der Waals surface area contributed by atoms with Crippen LogP contribution in [0.1, 0.15) is 220 Å². The van der Waals surface area contributed by atoms with Crippen LogP contribution in [-0.2, 0) is 65.4 Å². The summed E-state index contributed by atoms with van der Waals surface area (Å²) in [5.74, 6) is -2.61. The highest BCUT2D eigenvalue weighted by Crippen LogP contribution is 2.45. The zero-order valence-corrected chi connectivity index (χ0v) is 67.2. The van der Waals surface area contributed by atoms with E-state index in [1.165, 1.54) is 0 Å². The fraction of sp³-hybridized carbons (Fsp3) is 0.483. The van der Waals surface area contributed by atoms with Crippen LogP contribution in [0.4, 0.5) is 0 Å². The van der Waals surface area contributed by atoms with Gasteiger partial charge in [-0.1, -0.05) is 283 Å². The third-order valence-electron chi connectivity index (χ3n) is 14.6. The van der Waals surface area contributed by atoms with E-state index in [1.807, 2.05) is 60.8 Å². The van der Waals surface area contributed by atoms with Crippen LogP contribution >= 0.6 is 15.6 Å². The molecular weight excluding hydrogens is 1400 g/mol. The summed E-state index contributed by atoms with van der Waals surface area (Å²) in [6, 6.07) is 0. The number of phosphoric acid groups is 2. The van der Waals surface area contributed by atoms with Crippen LogP contribution in [0.25, 0.3) is 0 Å². The zero-order chi connectivity index (χ0) is 78.9. The lowest BCUT2D eigenvalue weighted by molar-refractivity contribution is -0.161. The van der Waals surface area contributed by atoms with Gasteiger partial charge in [0.1, 0.15) is 19.3 Å². The topological polar surface area (TPSA) is 237 Å². The second-order valence-corrected chi connectivity index (χ2v) is 27.3. The quantitative estimate of drug-likeness (QED) is 0.0169. The Morgan fingerprint density at radius 3 is 0.796 bits per heavy atom. The Balaban J connectivity index is 5.65. The van der Waals surface area contributed by atoms with Crippen molar-refractivity contribution >= 4 is 39.5 Å². The van der Waals surface area contributed by atoms with Gasteiger partial charge in [-0.05, 0) is 167 Å². The van der Waals surface area contributed by atoms with E-state index in [0.29, 0.717) is 44.9 Å². The Bertz CT molecular complexity index is 3060. The summed E-state index contributed by atoms with van der Waals surface area (Å²) in [6.45, 7) is 4.00. The summed E-state index contributed by atoms with van der Waals surface area (Å²) in [6.07, 6.45) is 103. The van der Waals surface area contributed by atoms with Crippen molar-refractivity contribution in [1.29, 1.82) is 0 Å². The molecule has 5 unspecified atom stereocenters. The van der Waals surface area contributed by atoms with E-state index in [0.717, 1.165) is 122 Å². The van der Waals surface area contributed by atoms with E-state index in [9.17, 15) is 43.2 Å². The fourth-order valence-electron chi connectivity index (χ4n) is 8.80. The van der Waals surface area contributed by atoms with Gasteiger partial charge in [0.05, 0.1) is 32.8 Å². The molecule has 0 heterocycles.